The summed E-state index contributed by atoms with van der Waals surface area (Å²) in [6.07, 6.45) is 5.57. The Morgan fingerprint density at radius 1 is 1.17 bits per heavy atom. The number of amides is 1. The van der Waals surface area contributed by atoms with Crippen LogP contribution >= 0.6 is 0 Å². The molecule has 1 fully saturated rings. The molecule has 0 atom stereocenters. The van der Waals surface area contributed by atoms with E-state index >= 15 is 0 Å². The van der Waals surface area contributed by atoms with Gasteiger partial charge in [-0.25, -0.2) is 9.97 Å². The van der Waals surface area contributed by atoms with Gasteiger partial charge >= 0.3 is 0 Å². The highest BCUT2D eigenvalue weighted by Crippen LogP contribution is 2.25. The van der Waals surface area contributed by atoms with E-state index < -0.39 is 0 Å². The van der Waals surface area contributed by atoms with E-state index in [9.17, 15) is 4.79 Å². The van der Waals surface area contributed by atoms with E-state index in [0.717, 1.165) is 18.9 Å². The topological polar surface area (TPSA) is 67.3 Å². The fourth-order valence-electron chi connectivity index (χ4n) is 2.66. The lowest BCUT2D eigenvalue weighted by atomic mass is 10.2. The number of para-hydroxylation sites is 2. The van der Waals surface area contributed by atoms with Gasteiger partial charge in [0.1, 0.15) is 17.3 Å². The third kappa shape index (κ3) is 3.82. The first-order valence-corrected chi connectivity index (χ1v) is 8.27. The number of nitrogens with one attached hydrogen (secondary N) is 1. The summed E-state index contributed by atoms with van der Waals surface area (Å²) in [6, 6.07) is 7.36. The summed E-state index contributed by atoms with van der Waals surface area (Å²) in [5, 5.41) is 2.84. The van der Waals surface area contributed by atoms with E-state index in [2.05, 4.69) is 20.2 Å². The van der Waals surface area contributed by atoms with Crippen molar-refractivity contribution in [3.8, 4) is 5.75 Å². The molecule has 2 heterocycles. The molecule has 6 nitrogen and oxygen atoms in total. The maximum atomic E-state index is 12.4. The van der Waals surface area contributed by atoms with Crippen LogP contribution in [0.3, 0.4) is 0 Å². The van der Waals surface area contributed by atoms with Crippen molar-refractivity contribution >= 4 is 17.4 Å². The monoisotopic (exact) mass is 326 g/mol. The second kappa shape index (κ2) is 7.29. The zero-order chi connectivity index (χ0) is 16.9. The molecule has 0 spiro atoms. The smallest absolute Gasteiger partial charge is 0.275 e. The van der Waals surface area contributed by atoms with Gasteiger partial charge in [0.05, 0.1) is 24.2 Å². The molecule has 0 unspecified atom stereocenters. The summed E-state index contributed by atoms with van der Waals surface area (Å²) < 4.78 is 5.71. The Morgan fingerprint density at radius 3 is 2.58 bits per heavy atom. The van der Waals surface area contributed by atoms with E-state index in [-0.39, 0.29) is 17.7 Å². The molecule has 1 aromatic heterocycles. The largest absolute Gasteiger partial charge is 0.489 e. The zero-order valence-electron chi connectivity index (χ0n) is 14.0. The van der Waals surface area contributed by atoms with Gasteiger partial charge in [-0.2, -0.15) is 0 Å². The van der Waals surface area contributed by atoms with Crippen molar-refractivity contribution in [2.45, 2.75) is 32.8 Å². The molecule has 0 saturated carbocycles. The Kier molecular flexibility index (Phi) is 4.93. The Morgan fingerprint density at radius 2 is 1.92 bits per heavy atom. The number of rotatable bonds is 5. The van der Waals surface area contributed by atoms with Crippen LogP contribution in [0, 0.1) is 0 Å². The maximum absolute atomic E-state index is 12.4. The molecule has 1 N–H and O–H groups in total. The molecular weight excluding hydrogens is 304 g/mol. The minimum atomic E-state index is -0.296. The number of hydrogen-bond donors (Lipinski definition) is 1. The average molecular weight is 326 g/mol. The van der Waals surface area contributed by atoms with Gasteiger partial charge in [-0.05, 0) is 38.8 Å². The van der Waals surface area contributed by atoms with Crippen LogP contribution < -0.4 is 15.0 Å². The molecule has 0 radical (unpaired) electrons. The van der Waals surface area contributed by atoms with Gasteiger partial charge in [-0.3, -0.25) is 4.79 Å². The van der Waals surface area contributed by atoms with E-state index in [1.54, 1.807) is 6.20 Å². The highest BCUT2D eigenvalue weighted by Gasteiger charge is 2.16. The van der Waals surface area contributed by atoms with Crippen LogP contribution in [0.15, 0.2) is 36.7 Å². The van der Waals surface area contributed by atoms with Crippen molar-refractivity contribution < 1.29 is 9.53 Å². The molecule has 1 aromatic carbocycles. The highest BCUT2D eigenvalue weighted by molar-refractivity contribution is 6.03. The van der Waals surface area contributed by atoms with Crippen LogP contribution in [0.2, 0.25) is 0 Å². The van der Waals surface area contributed by atoms with Crippen LogP contribution in [0.1, 0.15) is 37.2 Å². The van der Waals surface area contributed by atoms with Gasteiger partial charge < -0.3 is 15.0 Å². The van der Waals surface area contributed by atoms with Gasteiger partial charge in [-0.15, -0.1) is 0 Å². The summed E-state index contributed by atoms with van der Waals surface area (Å²) >= 11 is 0. The molecule has 3 rings (SSSR count). The Balaban J connectivity index is 1.71. The maximum Gasteiger partial charge on any atom is 0.275 e. The predicted octanol–water partition coefficient (Wildman–Crippen LogP) is 3.12. The van der Waals surface area contributed by atoms with Crippen LogP contribution in [0.25, 0.3) is 0 Å². The number of nitrogens with zero attached hydrogens (tertiary/aromatic N) is 3. The normalized spacial score (nSPS) is 14.0. The number of anilines is 2. The molecule has 0 bridgehead atoms. The number of aromatic nitrogens is 2. The van der Waals surface area contributed by atoms with Crippen LogP contribution in [-0.4, -0.2) is 35.1 Å². The van der Waals surface area contributed by atoms with Gasteiger partial charge in [0, 0.05) is 13.1 Å². The first-order valence-electron chi connectivity index (χ1n) is 8.27. The summed E-state index contributed by atoms with van der Waals surface area (Å²) in [5.74, 6) is 1.17. The Bertz CT molecular complexity index is 694. The third-order valence-corrected chi connectivity index (χ3v) is 3.80. The van der Waals surface area contributed by atoms with Crippen molar-refractivity contribution in [3.05, 3.63) is 42.4 Å². The van der Waals surface area contributed by atoms with E-state index in [4.69, 9.17) is 4.74 Å². The van der Waals surface area contributed by atoms with Crippen molar-refractivity contribution in [2.75, 3.05) is 23.3 Å². The van der Waals surface area contributed by atoms with Gasteiger partial charge in [0.25, 0.3) is 5.91 Å². The lowest BCUT2D eigenvalue weighted by Gasteiger charge is -2.16. The molecule has 24 heavy (non-hydrogen) atoms. The standard InChI is InChI=1S/C18H22N4O2/c1-13(2)24-16-8-4-3-7-14(16)21-18(23)15-11-20-17(12-19-15)22-9-5-6-10-22/h3-4,7-8,11-13H,5-6,9-10H2,1-2H3,(H,21,23). The first-order chi connectivity index (χ1) is 11.6. The van der Waals surface area contributed by atoms with Gasteiger partial charge in [0.15, 0.2) is 0 Å². The van der Waals surface area contributed by atoms with Crippen molar-refractivity contribution in [3.63, 3.8) is 0 Å². The molecule has 1 amide bonds. The van der Waals surface area contributed by atoms with Crippen molar-refractivity contribution in [1.29, 1.82) is 0 Å². The first kappa shape index (κ1) is 16.2. The minimum Gasteiger partial charge on any atom is -0.489 e. The van der Waals surface area contributed by atoms with Gasteiger partial charge in [0.2, 0.25) is 0 Å². The number of carbonyl (C=O) groups is 1. The minimum absolute atomic E-state index is 0.0302. The van der Waals surface area contributed by atoms with E-state index in [0.29, 0.717) is 11.4 Å². The SMILES string of the molecule is CC(C)Oc1ccccc1NC(=O)c1cnc(N2CCCC2)cn1. The zero-order valence-corrected chi connectivity index (χ0v) is 14.0. The molecule has 2 aromatic rings. The molecule has 126 valence electrons. The Hall–Kier alpha value is -2.63. The Labute approximate surface area is 141 Å². The number of hydrogen-bond acceptors (Lipinski definition) is 5. The fourth-order valence-corrected chi connectivity index (χ4v) is 2.66. The molecular formula is C18H22N4O2. The summed E-state index contributed by atoms with van der Waals surface area (Å²) in [6.45, 7) is 5.89. The number of carbonyl (C=O) groups excluding carboxylic acids is 1. The predicted molar refractivity (Wildman–Crippen MR) is 93.6 cm³/mol. The number of benzene rings is 1. The van der Waals surface area contributed by atoms with Crippen molar-refractivity contribution in [1.82, 2.24) is 9.97 Å². The van der Waals surface area contributed by atoms with Gasteiger partial charge in [-0.1, -0.05) is 12.1 Å². The second-order valence-corrected chi connectivity index (χ2v) is 6.07. The van der Waals surface area contributed by atoms with Crippen LogP contribution in [0.4, 0.5) is 11.5 Å². The molecule has 1 aliphatic rings. The lowest BCUT2D eigenvalue weighted by Crippen LogP contribution is -2.20. The summed E-state index contributed by atoms with van der Waals surface area (Å²) in [7, 11) is 0. The second-order valence-electron chi connectivity index (χ2n) is 6.07. The number of ether oxygens (including phenoxy) is 1. The molecule has 1 saturated heterocycles. The van der Waals surface area contributed by atoms with Crippen LogP contribution in [-0.2, 0) is 0 Å². The lowest BCUT2D eigenvalue weighted by molar-refractivity contribution is 0.102. The highest BCUT2D eigenvalue weighted by atomic mass is 16.5. The summed E-state index contributed by atoms with van der Waals surface area (Å²) in [4.78, 5) is 23.2. The van der Waals surface area contributed by atoms with Crippen LogP contribution in [0.5, 0.6) is 5.75 Å². The van der Waals surface area contributed by atoms with Crippen molar-refractivity contribution in [2.24, 2.45) is 0 Å². The fraction of sp³-hybridized carbons (Fsp3) is 0.389. The van der Waals surface area contributed by atoms with E-state index in [1.807, 2.05) is 38.1 Å². The molecule has 1 aliphatic heterocycles. The third-order valence-electron chi connectivity index (χ3n) is 3.80. The van der Waals surface area contributed by atoms with E-state index in [1.165, 1.54) is 19.0 Å². The summed E-state index contributed by atoms with van der Waals surface area (Å²) in [5.41, 5.74) is 0.916. The average Bonchev–Trinajstić information content (AvgIpc) is 3.11. The quantitative estimate of drug-likeness (QED) is 0.914. The molecule has 6 heteroatoms. The molecule has 0 aliphatic carbocycles.